The van der Waals surface area contributed by atoms with Crippen LogP contribution in [-0.2, 0) is 0 Å². The molecule has 0 saturated heterocycles. The monoisotopic (exact) mass is 230 g/mol. The van der Waals surface area contributed by atoms with Crippen molar-refractivity contribution in [1.82, 2.24) is 5.53 Å². The number of rotatable bonds is 4. The van der Waals surface area contributed by atoms with Gasteiger partial charge in [0.1, 0.15) is 5.69 Å². The summed E-state index contributed by atoms with van der Waals surface area (Å²) in [4.78, 5) is 20.4. The Balaban J connectivity index is 0.00000106. The van der Waals surface area contributed by atoms with E-state index in [-0.39, 0.29) is 10.8 Å². The van der Waals surface area contributed by atoms with Gasteiger partial charge in [0.05, 0.1) is 5.12 Å². The second-order valence-corrected chi connectivity index (χ2v) is 2.24. The molecule has 16 heavy (non-hydrogen) atoms. The first-order chi connectivity index (χ1) is 7.61. The molecule has 1 aromatic carbocycles. The topological polar surface area (TPSA) is 122 Å². The Labute approximate surface area is 90.1 Å². The van der Waals surface area contributed by atoms with Gasteiger partial charge in [0, 0.05) is 12.6 Å². The van der Waals surface area contributed by atoms with Crippen LogP contribution >= 0.6 is 0 Å². The number of hydrogen-bond acceptors (Lipinski definition) is 5. The molecule has 0 bridgehead atoms. The summed E-state index contributed by atoms with van der Waals surface area (Å²) < 4.78 is 0. The van der Waals surface area contributed by atoms with Crippen molar-refractivity contribution in [2.75, 3.05) is 12.2 Å². The lowest BCUT2D eigenvalue weighted by molar-refractivity contribution is -0.620. The summed E-state index contributed by atoms with van der Waals surface area (Å²) in [6.07, 6.45) is 0. The number of nitrogens with one attached hydrogen (secondary N) is 1. The number of nitro groups is 2. The van der Waals surface area contributed by atoms with Crippen molar-refractivity contribution in [3.8, 4) is 0 Å². The van der Waals surface area contributed by atoms with Crippen molar-refractivity contribution in [1.29, 1.82) is 0 Å². The first-order valence-corrected chi connectivity index (χ1v) is 3.96. The van der Waals surface area contributed by atoms with E-state index >= 15 is 0 Å². The number of nitrogens with zero attached hydrogens (tertiary/aromatic N) is 3. The summed E-state index contributed by atoms with van der Waals surface area (Å²) in [7, 11) is 1.00. The Morgan fingerprint density at radius 1 is 1.19 bits per heavy atom. The number of hydrazine groups is 3. The molecule has 0 radical (unpaired) electrons. The summed E-state index contributed by atoms with van der Waals surface area (Å²) in [5, 5.41) is 25.7. The maximum absolute atomic E-state index is 10.4. The van der Waals surface area contributed by atoms with E-state index in [0.29, 0.717) is 0 Å². The Bertz CT molecular complexity index is 344. The fourth-order valence-corrected chi connectivity index (χ4v) is 0.835. The van der Waals surface area contributed by atoms with E-state index in [2.05, 4.69) is 0 Å². The molecule has 0 aliphatic carbocycles. The van der Waals surface area contributed by atoms with E-state index in [9.17, 15) is 20.2 Å². The van der Waals surface area contributed by atoms with Crippen LogP contribution in [0.5, 0.6) is 0 Å². The molecule has 0 unspecified atom stereocenters. The summed E-state index contributed by atoms with van der Waals surface area (Å²) in [5.41, 5.74) is 1.53. The fourth-order valence-electron chi connectivity index (χ4n) is 0.835. The molecule has 0 aliphatic rings. The lowest BCUT2D eigenvalue weighted by Gasteiger charge is -2.08. The highest BCUT2D eigenvalue weighted by atomic mass is 16.7. The second kappa shape index (κ2) is 6.95. The minimum atomic E-state index is -1.00. The zero-order valence-corrected chi connectivity index (χ0v) is 8.31. The third-order valence-corrected chi connectivity index (χ3v) is 1.34. The van der Waals surface area contributed by atoms with Crippen LogP contribution in [0, 0.1) is 20.2 Å². The van der Waals surface area contributed by atoms with Gasteiger partial charge in [0.15, 0.2) is 10.1 Å². The van der Waals surface area contributed by atoms with Crippen LogP contribution in [0.25, 0.3) is 0 Å². The number of aliphatic hydroxyl groups is 1. The number of hydrogen-bond donors (Lipinski definition) is 2. The average molecular weight is 230 g/mol. The Morgan fingerprint density at radius 2 is 1.69 bits per heavy atom. The predicted octanol–water partition coefficient (Wildman–Crippen LogP) is -0.0105. The normalized spacial score (nSPS) is 8.38. The van der Waals surface area contributed by atoms with Crippen LogP contribution < -0.4 is 10.7 Å². The van der Waals surface area contributed by atoms with E-state index in [1.807, 2.05) is 0 Å². The number of aliphatic hydroxyl groups excluding tert-OH is 1. The Morgan fingerprint density at radius 3 is 2.06 bits per heavy atom. The lowest BCUT2D eigenvalue weighted by Crippen LogP contribution is -2.45. The fraction of sp³-hybridized carbons (Fsp3) is 0.143. The van der Waals surface area contributed by atoms with Gasteiger partial charge >= 0.3 is 0 Å². The molecule has 0 spiro atoms. The zero-order valence-electron chi connectivity index (χ0n) is 8.31. The Kier molecular flexibility index (Phi) is 5.90. The maximum Gasteiger partial charge on any atom is 0.190 e. The van der Waals surface area contributed by atoms with Gasteiger partial charge in [-0.2, -0.15) is 0 Å². The molecule has 0 atom stereocenters. The number of benzene rings is 1. The zero-order chi connectivity index (χ0) is 12.6. The minimum Gasteiger partial charge on any atom is -0.400 e. The summed E-state index contributed by atoms with van der Waals surface area (Å²) >= 11 is 0. The van der Waals surface area contributed by atoms with Gasteiger partial charge in [-0.15, -0.1) is 0 Å². The highest BCUT2D eigenvalue weighted by Crippen LogP contribution is 2.10. The van der Waals surface area contributed by atoms with Crippen LogP contribution in [0.2, 0.25) is 0 Å². The van der Waals surface area contributed by atoms with Crippen LogP contribution in [0.4, 0.5) is 5.69 Å². The lowest BCUT2D eigenvalue weighted by atomic mass is 10.3. The van der Waals surface area contributed by atoms with Crippen molar-refractivity contribution < 1.29 is 15.2 Å². The first-order valence-electron chi connectivity index (χ1n) is 3.96. The number of para-hydroxylation sites is 1. The molecule has 0 saturated carbocycles. The van der Waals surface area contributed by atoms with Gasteiger partial charge < -0.3 is 5.11 Å². The molecular formula is C7H10N4O5. The summed E-state index contributed by atoms with van der Waals surface area (Å²) in [5.74, 6) is 0. The molecule has 0 aliphatic heterocycles. The van der Waals surface area contributed by atoms with Gasteiger partial charge in [-0.3, -0.25) is 0 Å². The van der Waals surface area contributed by atoms with Gasteiger partial charge in [0.2, 0.25) is 0 Å². The van der Waals surface area contributed by atoms with E-state index in [0.717, 1.165) is 7.11 Å². The quantitative estimate of drug-likeness (QED) is 0.550. The molecule has 1 aromatic rings. The van der Waals surface area contributed by atoms with Gasteiger partial charge in [-0.1, -0.05) is 18.2 Å². The molecular weight excluding hydrogens is 220 g/mol. The van der Waals surface area contributed by atoms with Crippen LogP contribution in [0.15, 0.2) is 30.3 Å². The maximum atomic E-state index is 10.4. The van der Waals surface area contributed by atoms with Gasteiger partial charge in [-0.25, -0.2) is 20.2 Å². The van der Waals surface area contributed by atoms with E-state index in [4.69, 9.17) is 5.11 Å². The van der Waals surface area contributed by atoms with E-state index in [1.165, 1.54) is 29.8 Å². The largest absolute Gasteiger partial charge is 0.400 e. The van der Waals surface area contributed by atoms with E-state index in [1.54, 1.807) is 6.07 Å². The highest BCUT2D eigenvalue weighted by Gasteiger charge is 2.21. The molecule has 1 rings (SSSR count). The van der Waals surface area contributed by atoms with Gasteiger partial charge in [-0.05, 0) is 12.1 Å². The van der Waals surface area contributed by atoms with Crippen LogP contribution in [-0.4, -0.2) is 22.3 Å². The standard InChI is InChI=1S/C6H6N4O4.CH4O/c11-9(12)7-8(10(13)14)6-4-2-1-3-5-6;1-2/h1-5,7H;2H,1H3. The van der Waals surface area contributed by atoms with Crippen molar-refractivity contribution in [3.05, 3.63) is 50.6 Å². The minimum absolute atomic E-state index is 0.0780. The molecule has 0 heterocycles. The number of anilines is 1. The third kappa shape index (κ3) is 4.19. The molecule has 0 fully saturated rings. The van der Waals surface area contributed by atoms with Crippen molar-refractivity contribution >= 4 is 5.69 Å². The van der Waals surface area contributed by atoms with Crippen molar-refractivity contribution in [2.24, 2.45) is 0 Å². The predicted molar refractivity (Wildman–Crippen MR) is 54.2 cm³/mol. The molecule has 88 valence electrons. The van der Waals surface area contributed by atoms with Crippen LogP contribution in [0.1, 0.15) is 0 Å². The SMILES string of the molecule is CO.O=[N+]([O-])NN(c1ccccc1)[N+](=O)[O-]. The summed E-state index contributed by atoms with van der Waals surface area (Å²) in [6, 6.07) is 7.47. The molecule has 2 N–H and O–H groups in total. The molecule has 9 nitrogen and oxygen atoms in total. The smallest absolute Gasteiger partial charge is 0.190 e. The molecule has 0 amide bonds. The van der Waals surface area contributed by atoms with Crippen molar-refractivity contribution in [2.45, 2.75) is 0 Å². The Hall–Kier alpha value is -2.42. The second-order valence-electron chi connectivity index (χ2n) is 2.24. The average Bonchev–Trinajstić information content (AvgIpc) is 2.29. The molecule has 9 heteroatoms. The van der Waals surface area contributed by atoms with E-state index < -0.39 is 10.1 Å². The van der Waals surface area contributed by atoms with Crippen LogP contribution in [0.3, 0.4) is 0 Å². The third-order valence-electron chi connectivity index (χ3n) is 1.34. The highest BCUT2D eigenvalue weighted by molar-refractivity contribution is 5.41. The first kappa shape index (κ1) is 13.6. The summed E-state index contributed by atoms with van der Waals surface area (Å²) in [6.45, 7) is 0. The van der Waals surface area contributed by atoms with Gasteiger partial charge in [0.25, 0.3) is 0 Å². The molecule has 0 aromatic heterocycles. The van der Waals surface area contributed by atoms with Crippen molar-refractivity contribution in [3.63, 3.8) is 0 Å².